The summed E-state index contributed by atoms with van der Waals surface area (Å²) in [6.07, 6.45) is 1.59. The molecule has 0 N–H and O–H groups in total. The molecule has 1 unspecified atom stereocenters. The molecule has 5 nitrogen and oxygen atoms in total. The van der Waals surface area contributed by atoms with Crippen molar-refractivity contribution in [3.05, 3.63) is 104 Å². The Morgan fingerprint density at radius 1 is 1.10 bits per heavy atom. The summed E-state index contributed by atoms with van der Waals surface area (Å²) >= 11 is 6.19. The van der Waals surface area contributed by atoms with Gasteiger partial charge < -0.3 is 4.42 Å². The molecule has 3 heterocycles. The van der Waals surface area contributed by atoms with Crippen LogP contribution in [0.1, 0.15) is 33.3 Å². The van der Waals surface area contributed by atoms with Gasteiger partial charge in [0.2, 0.25) is 5.76 Å². The molecule has 7 heteroatoms. The lowest BCUT2D eigenvalue weighted by Crippen LogP contribution is -2.30. The number of benzene rings is 2. The molecule has 1 aliphatic rings. The van der Waals surface area contributed by atoms with Gasteiger partial charge in [-0.05, 0) is 60.5 Å². The van der Waals surface area contributed by atoms with E-state index >= 15 is 0 Å². The first kappa shape index (κ1) is 18.5. The third-order valence-electron chi connectivity index (χ3n) is 5.14. The average Bonchev–Trinajstić information content (AvgIpc) is 3.01. The highest BCUT2D eigenvalue weighted by Gasteiger charge is 2.44. The summed E-state index contributed by atoms with van der Waals surface area (Å²) in [5, 5.41) is 0.536. The van der Waals surface area contributed by atoms with Gasteiger partial charge in [0.1, 0.15) is 17.2 Å². The maximum atomic E-state index is 13.8. The van der Waals surface area contributed by atoms with Gasteiger partial charge in [0.15, 0.2) is 5.43 Å². The maximum absolute atomic E-state index is 13.8. The van der Waals surface area contributed by atoms with Crippen LogP contribution in [0.3, 0.4) is 0 Å². The highest BCUT2D eigenvalue weighted by molar-refractivity contribution is 6.30. The van der Waals surface area contributed by atoms with E-state index in [1.165, 1.54) is 17.0 Å². The first-order valence-corrected chi connectivity index (χ1v) is 9.60. The summed E-state index contributed by atoms with van der Waals surface area (Å²) < 4.78 is 19.6. The van der Waals surface area contributed by atoms with Gasteiger partial charge in [0.25, 0.3) is 5.91 Å². The van der Waals surface area contributed by atoms with E-state index in [0.29, 0.717) is 16.4 Å². The van der Waals surface area contributed by atoms with Crippen molar-refractivity contribution in [1.82, 2.24) is 4.98 Å². The van der Waals surface area contributed by atoms with Crippen molar-refractivity contribution in [2.75, 3.05) is 4.90 Å². The number of nitrogens with zero attached hydrogens (tertiary/aromatic N) is 2. The van der Waals surface area contributed by atoms with E-state index in [1.54, 1.807) is 36.5 Å². The predicted octanol–water partition coefficient (Wildman–Crippen LogP) is 5.04. The lowest BCUT2D eigenvalue weighted by atomic mass is 9.98. The van der Waals surface area contributed by atoms with Crippen LogP contribution in [0.15, 0.2) is 70.0 Å². The third-order valence-corrected chi connectivity index (χ3v) is 5.38. The minimum Gasteiger partial charge on any atom is -0.450 e. The van der Waals surface area contributed by atoms with E-state index in [1.807, 2.05) is 13.0 Å². The van der Waals surface area contributed by atoms with Crippen molar-refractivity contribution in [2.45, 2.75) is 13.0 Å². The number of anilines is 1. The van der Waals surface area contributed by atoms with Crippen molar-refractivity contribution in [3.63, 3.8) is 0 Å². The van der Waals surface area contributed by atoms with Gasteiger partial charge in [-0.15, -0.1) is 0 Å². The molecule has 1 aliphatic heterocycles. The topological polar surface area (TPSA) is 63.4 Å². The van der Waals surface area contributed by atoms with E-state index in [2.05, 4.69) is 4.98 Å². The first-order valence-electron chi connectivity index (χ1n) is 9.22. The SMILES string of the molecule is Cc1ccnc(N2C(=O)c3oc4ccc(F)cc4c(=O)c3C2c2cccc(Cl)c2)c1. The van der Waals surface area contributed by atoms with Gasteiger partial charge in [0.05, 0.1) is 17.0 Å². The number of pyridine rings is 1. The Hall–Kier alpha value is -3.51. The van der Waals surface area contributed by atoms with E-state index in [-0.39, 0.29) is 22.3 Å². The van der Waals surface area contributed by atoms with E-state index in [0.717, 1.165) is 11.6 Å². The number of hydrogen-bond donors (Lipinski definition) is 0. The Kier molecular flexibility index (Phi) is 4.18. The van der Waals surface area contributed by atoms with Crippen molar-refractivity contribution < 1.29 is 13.6 Å². The molecule has 0 spiro atoms. The minimum absolute atomic E-state index is 0.0765. The molecule has 2 aromatic carbocycles. The van der Waals surface area contributed by atoms with Crippen LogP contribution in [0, 0.1) is 12.7 Å². The quantitative estimate of drug-likeness (QED) is 0.456. The summed E-state index contributed by atoms with van der Waals surface area (Å²) in [6.45, 7) is 1.88. The second-order valence-electron chi connectivity index (χ2n) is 7.14. The number of rotatable bonds is 2. The number of halogens is 2. The molecule has 0 radical (unpaired) electrons. The molecule has 1 amide bonds. The summed E-state index contributed by atoms with van der Waals surface area (Å²) in [5.41, 5.74) is 1.36. The minimum atomic E-state index is -0.801. The lowest BCUT2D eigenvalue weighted by molar-refractivity contribution is 0.0970. The Bertz CT molecular complexity index is 1400. The van der Waals surface area contributed by atoms with Crippen LogP contribution in [0.25, 0.3) is 11.0 Å². The molecular weight excluding hydrogens is 407 g/mol. The highest BCUT2D eigenvalue weighted by Crippen LogP contribution is 2.41. The molecule has 4 aromatic rings. The normalized spacial score (nSPS) is 15.6. The van der Waals surface area contributed by atoms with Crippen LogP contribution < -0.4 is 10.3 Å². The van der Waals surface area contributed by atoms with E-state index < -0.39 is 23.2 Å². The fourth-order valence-electron chi connectivity index (χ4n) is 3.83. The Morgan fingerprint density at radius 2 is 1.93 bits per heavy atom. The molecule has 0 fully saturated rings. The summed E-state index contributed by atoms with van der Waals surface area (Å²) in [5.74, 6) is -0.745. The fourth-order valence-corrected chi connectivity index (χ4v) is 4.02. The van der Waals surface area contributed by atoms with Crippen LogP contribution in [0.5, 0.6) is 0 Å². The number of carbonyl (C=O) groups is 1. The summed E-state index contributed by atoms with van der Waals surface area (Å²) in [7, 11) is 0. The van der Waals surface area contributed by atoms with Gasteiger partial charge in [-0.1, -0.05) is 23.7 Å². The smallest absolute Gasteiger partial charge is 0.296 e. The van der Waals surface area contributed by atoms with Crippen molar-refractivity contribution >= 4 is 34.3 Å². The molecule has 5 rings (SSSR count). The largest absolute Gasteiger partial charge is 0.450 e. The third kappa shape index (κ3) is 2.80. The van der Waals surface area contributed by atoms with Crippen LogP contribution in [0.2, 0.25) is 5.02 Å². The number of carbonyl (C=O) groups excluding carboxylic acids is 1. The standard InChI is InChI=1S/C23H14ClFN2O3/c1-12-7-8-26-18(9-12)27-20(13-3-2-4-14(24)10-13)19-21(28)16-11-15(25)5-6-17(16)30-22(19)23(27)29/h2-11,20H,1H3. The van der Waals surface area contributed by atoms with Gasteiger partial charge in [-0.25, -0.2) is 9.37 Å². The highest BCUT2D eigenvalue weighted by atomic mass is 35.5. The van der Waals surface area contributed by atoms with Crippen LogP contribution in [-0.4, -0.2) is 10.9 Å². The van der Waals surface area contributed by atoms with E-state index in [4.69, 9.17) is 16.0 Å². The van der Waals surface area contributed by atoms with Crippen molar-refractivity contribution in [1.29, 1.82) is 0 Å². The molecule has 0 aliphatic carbocycles. The zero-order chi connectivity index (χ0) is 21.0. The lowest BCUT2D eigenvalue weighted by Gasteiger charge is -2.24. The van der Waals surface area contributed by atoms with E-state index in [9.17, 15) is 14.0 Å². The Balaban J connectivity index is 1.84. The molecule has 0 saturated carbocycles. The van der Waals surface area contributed by atoms with Crippen molar-refractivity contribution in [3.8, 4) is 0 Å². The molecule has 148 valence electrons. The molecule has 1 atom stereocenters. The fraction of sp³-hybridized carbons (Fsp3) is 0.0870. The van der Waals surface area contributed by atoms with Gasteiger partial charge >= 0.3 is 0 Å². The zero-order valence-electron chi connectivity index (χ0n) is 15.7. The molecule has 0 saturated heterocycles. The summed E-state index contributed by atoms with van der Waals surface area (Å²) in [4.78, 5) is 32.5. The molecule has 30 heavy (non-hydrogen) atoms. The number of amides is 1. The molecular formula is C23H14ClFN2O3. The summed E-state index contributed by atoms with van der Waals surface area (Å²) in [6, 6.07) is 13.3. The Morgan fingerprint density at radius 3 is 2.70 bits per heavy atom. The number of hydrogen-bond acceptors (Lipinski definition) is 4. The first-order chi connectivity index (χ1) is 14.4. The zero-order valence-corrected chi connectivity index (χ0v) is 16.5. The van der Waals surface area contributed by atoms with Gasteiger partial charge in [-0.2, -0.15) is 0 Å². The molecule has 2 aromatic heterocycles. The second kappa shape index (κ2) is 6.78. The number of aromatic nitrogens is 1. The van der Waals surface area contributed by atoms with Gasteiger partial charge in [-0.3, -0.25) is 14.5 Å². The molecule has 0 bridgehead atoms. The predicted molar refractivity (Wildman–Crippen MR) is 112 cm³/mol. The average molecular weight is 421 g/mol. The number of fused-ring (bicyclic) bond motifs is 2. The maximum Gasteiger partial charge on any atom is 0.296 e. The van der Waals surface area contributed by atoms with Gasteiger partial charge in [0, 0.05) is 11.2 Å². The monoisotopic (exact) mass is 420 g/mol. The van der Waals surface area contributed by atoms with Crippen molar-refractivity contribution in [2.24, 2.45) is 0 Å². The van der Waals surface area contributed by atoms with Crippen LogP contribution in [0.4, 0.5) is 10.2 Å². The van der Waals surface area contributed by atoms with Crippen LogP contribution in [-0.2, 0) is 0 Å². The second-order valence-corrected chi connectivity index (χ2v) is 7.57. The Labute approximate surface area is 175 Å². The number of aryl methyl sites for hydroxylation is 1. The van der Waals surface area contributed by atoms with Crippen LogP contribution >= 0.6 is 11.6 Å².